The molecule has 1 atom stereocenters. The van der Waals surface area contributed by atoms with Crippen LogP contribution in [0, 0.1) is 0 Å². The molecule has 1 aliphatic heterocycles. The molecular weight excluding hydrogens is 178 g/mol. The topological polar surface area (TPSA) is 46.9 Å². The Bertz CT molecular complexity index is 341. The summed E-state index contributed by atoms with van der Waals surface area (Å²) in [6.07, 6.45) is 6.99. The van der Waals surface area contributed by atoms with Crippen LogP contribution in [0.1, 0.15) is 19.3 Å². The highest BCUT2D eigenvalue weighted by atomic mass is 16.1. The molecule has 0 radical (unpaired) electrons. The molecular formula is C10H15N3O. The predicted molar refractivity (Wildman–Crippen MR) is 54.1 cm³/mol. The summed E-state index contributed by atoms with van der Waals surface area (Å²) >= 11 is 0. The van der Waals surface area contributed by atoms with Crippen molar-refractivity contribution in [2.24, 2.45) is 0 Å². The van der Waals surface area contributed by atoms with Crippen LogP contribution in [-0.2, 0) is 6.54 Å². The van der Waals surface area contributed by atoms with E-state index in [0.717, 1.165) is 19.5 Å². The molecule has 0 amide bonds. The Balaban J connectivity index is 2.03. The highest BCUT2D eigenvalue weighted by Gasteiger charge is 2.12. The van der Waals surface area contributed by atoms with Crippen LogP contribution >= 0.6 is 0 Å². The van der Waals surface area contributed by atoms with Crippen molar-refractivity contribution < 1.29 is 0 Å². The van der Waals surface area contributed by atoms with Gasteiger partial charge in [-0.05, 0) is 25.5 Å². The van der Waals surface area contributed by atoms with Gasteiger partial charge in [-0.2, -0.15) is 0 Å². The summed E-state index contributed by atoms with van der Waals surface area (Å²) in [5.41, 5.74) is -0.153. The normalized spacial score (nSPS) is 22.1. The van der Waals surface area contributed by atoms with Crippen molar-refractivity contribution in [2.75, 3.05) is 6.54 Å². The largest absolute Gasteiger partial charge is 0.347 e. The van der Waals surface area contributed by atoms with Crippen LogP contribution in [0.15, 0.2) is 23.3 Å². The number of piperidine rings is 1. The molecule has 2 heterocycles. The molecule has 4 nitrogen and oxygen atoms in total. The van der Waals surface area contributed by atoms with Crippen LogP contribution < -0.4 is 11.0 Å². The second kappa shape index (κ2) is 4.37. The lowest BCUT2D eigenvalue weighted by Gasteiger charge is -2.23. The Morgan fingerprint density at radius 2 is 2.50 bits per heavy atom. The van der Waals surface area contributed by atoms with Crippen LogP contribution in [0.3, 0.4) is 0 Å². The Hall–Kier alpha value is -1.16. The van der Waals surface area contributed by atoms with Crippen LogP contribution in [0.4, 0.5) is 0 Å². The zero-order valence-electron chi connectivity index (χ0n) is 8.15. The first-order valence-electron chi connectivity index (χ1n) is 5.11. The van der Waals surface area contributed by atoms with Gasteiger partial charge in [0.05, 0.1) is 0 Å². The maximum atomic E-state index is 11.3. The quantitative estimate of drug-likeness (QED) is 0.739. The van der Waals surface area contributed by atoms with E-state index in [9.17, 15) is 4.79 Å². The standard InChI is InChI=1S/C10H15N3O/c14-10-12-6-3-7-13(10)8-9-4-1-2-5-11-9/h3,6-7,9,11H,1-2,4-5,8H2. The second-order valence-corrected chi connectivity index (χ2v) is 3.70. The lowest BCUT2D eigenvalue weighted by molar-refractivity contribution is 0.358. The third-order valence-electron chi connectivity index (χ3n) is 2.61. The van der Waals surface area contributed by atoms with Crippen molar-refractivity contribution in [2.45, 2.75) is 31.8 Å². The summed E-state index contributed by atoms with van der Waals surface area (Å²) in [7, 11) is 0. The van der Waals surface area contributed by atoms with E-state index in [4.69, 9.17) is 0 Å². The average Bonchev–Trinajstić information content (AvgIpc) is 2.23. The number of aromatic nitrogens is 2. The van der Waals surface area contributed by atoms with Gasteiger partial charge in [0.2, 0.25) is 0 Å². The fourth-order valence-corrected chi connectivity index (χ4v) is 1.84. The fourth-order valence-electron chi connectivity index (χ4n) is 1.84. The van der Waals surface area contributed by atoms with Gasteiger partial charge in [-0.25, -0.2) is 9.78 Å². The molecule has 14 heavy (non-hydrogen) atoms. The molecule has 1 unspecified atom stereocenters. The SMILES string of the molecule is O=c1ncccn1CC1CCCCN1. The summed E-state index contributed by atoms with van der Waals surface area (Å²) in [6.45, 7) is 1.81. The maximum Gasteiger partial charge on any atom is 0.347 e. The highest BCUT2D eigenvalue weighted by molar-refractivity contribution is 4.83. The maximum absolute atomic E-state index is 11.3. The molecule has 0 aromatic carbocycles. The van der Waals surface area contributed by atoms with Crippen LogP contribution in [0.5, 0.6) is 0 Å². The average molecular weight is 193 g/mol. The Morgan fingerprint density at radius 3 is 3.21 bits per heavy atom. The van der Waals surface area contributed by atoms with E-state index in [1.54, 1.807) is 16.8 Å². The van der Waals surface area contributed by atoms with Gasteiger partial charge in [0.15, 0.2) is 0 Å². The summed E-state index contributed by atoms with van der Waals surface area (Å²) < 4.78 is 1.67. The highest BCUT2D eigenvalue weighted by Crippen LogP contribution is 2.07. The van der Waals surface area contributed by atoms with Crippen LogP contribution in [-0.4, -0.2) is 22.1 Å². The summed E-state index contributed by atoms with van der Waals surface area (Å²) in [4.78, 5) is 15.0. The van der Waals surface area contributed by atoms with Gasteiger partial charge in [0.1, 0.15) is 0 Å². The molecule has 76 valence electrons. The zero-order valence-corrected chi connectivity index (χ0v) is 8.15. The molecule has 1 aliphatic rings. The smallest absolute Gasteiger partial charge is 0.312 e. The van der Waals surface area contributed by atoms with Gasteiger partial charge < -0.3 is 5.32 Å². The van der Waals surface area contributed by atoms with Gasteiger partial charge in [-0.15, -0.1) is 0 Å². The molecule has 1 aromatic heterocycles. The molecule has 1 fully saturated rings. The van der Waals surface area contributed by atoms with E-state index in [0.29, 0.717) is 6.04 Å². The molecule has 1 aromatic rings. The minimum atomic E-state index is -0.153. The third-order valence-corrected chi connectivity index (χ3v) is 2.61. The molecule has 0 saturated carbocycles. The van der Waals surface area contributed by atoms with Gasteiger partial charge in [-0.3, -0.25) is 4.57 Å². The molecule has 1 saturated heterocycles. The number of hydrogen-bond donors (Lipinski definition) is 1. The molecule has 1 N–H and O–H groups in total. The van der Waals surface area contributed by atoms with Crippen LogP contribution in [0.25, 0.3) is 0 Å². The van der Waals surface area contributed by atoms with Crippen LogP contribution in [0.2, 0.25) is 0 Å². The van der Waals surface area contributed by atoms with Crippen molar-refractivity contribution in [3.63, 3.8) is 0 Å². The van der Waals surface area contributed by atoms with Crippen molar-refractivity contribution in [1.29, 1.82) is 0 Å². The van der Waals surface area contributed by atoms with Crippen molar-refractivity contribution in [1.82, 2.24) is 14.9 Å². The molecule has 2 rings (SSSR count). The predicted octanol–water partition coefficient (Wildman–Crippen LogP) is 0.385. The number of nitrogens with zero attached hydrogens (tertiary/aromatic N) is 2. The van der Waals surface area contributed by atoms with E-state index in [1.165, 1.54) is 19.0 Å². The molecule has 4 heteroatoms. The Morgan fingerprint density at radius 1 is 1.57 bits per heavy atom. The molecule has 0 spiro atoms. The molecule has 0 aliphatic carbocycles. The van der Waals surface area contributed by atoms with Gasteiger partial charge >= 0.3 is 5.69 Å². The number of rotatable bonds is 2. The first-order valence-corrected chi connectivity index (χ1v) is 5.11. The van der Waals surface area contributed by atoms with Gasteiger partial charge in [-0.1, -0.05) is 6.42 Å². The van der Waals surface area contributed by atoms with Crippen molar-refractivity contribution in [3.8, 4) is 0 Å². The first-order chi connectivity index (χ1) is 6.86. The van der Waals surface area contributed by atoms with E-state index in [-0.39, 0.29) is 5.69 Å². The summed E-state index contributed by atoms with van der Waals surface area (Å²) in [6, 6.07) is 2.23. The fraction of sp³-hybridized carbons (Fsp3) is 0.600. The summed E-state index contributed by atoms with van der Waals surface area (Å²) in [5.74, 6) is 0. The summed E-state index contributed by atoms with van der Waals surface area (Å²) in [5, 5.41) is 3.41. The third kappa shape index (κ3) is 2.20. The molecule has 0 bridgehead atoms. The zero-order chi connectivity index (χ0) is 9.80. The Kier molecular flexibility index (Phi) is 2.93. The Labute approximate surface area is 83.0 Å². The minimum absolute atomic E-state index is 0.153. The number of nitrogens with one attached hydrogen (secondary N) is 1. The van der Waals surface area contributed by atoms with E-state index >= 15 is 0 Å². The van der Waals surface area contributed by atoms with Gasteiger partial charge in [0, 0.05) is 25.0 Å². The van der Waals surface area contributed by atoms with E-state index in [2.05, 4.69) is 10.3 Å². The van der Waals surface area contributed by atoms with Crippen molar-refractivity contribution in [3.05, 3.63) is 28.9 Å². The number of hydrogen-bond acceptors (Lipinski definition) is 3. The minimum Gasteiger partial charge on any atom is -0.312 e. The van der Waals surface area contributed by atoms with Gasteiger partial charge in [0.25, 0.3) is 0 Å². The lowest BCUT2D eigenvalue weighted by atomic mass is 10.1. The van der Waals surface area contributed by atoms with E-state index in [1.807, 2.05) is 0 Å². The van der Waals surface area contributed by atoms with Crippen molar-refractivity contribution >= 4 is 0 Å². The first kappa shape index (κ1) is 9.40. The second-order valence-electron chi connectivity index (χ2n) is 3.70. The van der Waals surface area contributed by atoms with E-state index < -0.39 is 0 Å². The monoisotopic (exact) mass is 193 g/mol. The lowest BCUT2D eigenvalue weighted by Crippen LogP contribution is -2.39.